The molecule has 1 saturated heterocycles. The molecule has 1 heterocycles. The lowest BCUT2D eigenvalue weighted by molar-refractivity contribution is 0.159. The number of benzene rings is 1. The second-order valence-electron chi connectivity index (χ2n) is 4.80. The molecule has 0 bridgehead atoms. The average molecular weight is 266 g/mol. The SMILES string of the molecule is C=CCC[C@H](c1c(F)cccc1F)N1CCNCC1. The molecule has 0 amide bonds. The Bertz CT molecular complexity index is 408. The van der Waals surface area contributed by atoms with E-state index in [0.29, 0.717) is 6.42 Å². The molecule has 1 aromatic carbocycles. The van der Waals surface area contributed by atoms with Crippen LogP contribution in [0.5, 0.6) is 0 Å². The molecule has 1 N–H and O–H groups in total. The van der Waals surface area contributed by atoms with Gasteiger partial charge in [0.15, 0.2) is 0 Å². The van der Waals surface area contributed by atoms with E-state index in [4.69, 9.17) is 0 Å². The molecule has 0 aromatic heterocycles. The molecule has 1 fully saturated rings. The summed E-state index contributed by atoms with van der Waals surface area (Å²) in [7, 11) is 0. The average Bonchev–Trinajstić information content (AvgIpc) is 2.43. The van der Waals surface area contributed by atoms with Crippen LogP contribution in [-0.2, 0) is 0 Å². The molecule has 1 aliphatic heterocycles. The van der Waals surface area contributed by atoms with Crippen LogP contribution in [0, 0.1) is 11.6 Å². The van der Waals surface area contributed by atoms with Gasteiger partial charge in [-0.1, -0.05) is 12.1 Å². The van der Waals surface area contributed by atoms with Gasteiger partial charge in [0.2, 0.25) is 0 Å². The summed E-state index contributed by atoms with van der Waals surface area (Å²) in [6, 6.07) is 3.88. The Kier molecular flexibility index (Phi) is 5.05. The highest BCUT2D eigenvalue weighted by Gasteiger charge is 2.26. The van der Waals surface area contributed by atoms with Gasteiger partial charge in [-0.3, -0.25) is 4.90 Å². The molecule has 2 rings (SSSR count). The number of rotatable bonds is 5. The van der Waals surface area contributed by atoms with Gasteiger partial charge in [0, 0.05) is 37.8 Å². The van der Waals surface area contributed by atoms with Crippen LogP contribution in [0.25, 0.3) is 0 Å². The van der Waals surface area contributed by atoms with Crippen LogP contribution in [-0.4, -0.2) is 31.1 Å². The predicted octanol–water partition coefficient (Wildman–Crippen LogP) is 2.88. The third-order valence-electron chi connectivity index (χ3n) is 3.57. The first-order chi connectivity index (χ1) is 9.24. The van der Waals surface area contributed by atoms with Crippen LogP contribution >= 0.6 is 0 Å². The van der Waals surface area contributed by atoms with Gasteiger partial charge in [-0.25, -0.2) is 8.78 Å². The van der Waals surface area contributed by atoms with E-state index in [1.54, 1.807) is 6.08 Å². The van der Waals surface area contributed by atoms with Gasteiger partial charge in [0.05, 0.1) is 0 Å². The summed E-state index contributed by atoms with van der Waals surface area (Å²) in [6.07, 6.45) is 3.25. The van der Waals surface area contributed by atoms with Gasteiger partial charge in [0.1, 0.15) is 11.6 Å². The second kappa shape index (κ2) is 6.78. The van der Waals surface area contributed by atoms with Crippen LogP contribution in [0.1, 0.15) is 24.4 Å². The fourth-order valence-corrected chi connectivity index (χ4v) is 2.61. The zero-order valence-electron chi connectivity index (χ0n) is 11.0. The van der Waals surface area contributed by atoms with Crippen LogP contribution in [0.2, 0.25) is 0 Å². The van der Waals surface area contributed by atoms with Crippen LogP contribution in [0.4, 0.5) is 8.78 Å². The van der Waals surface area contributed by atoms with Crippen molar-refractivity contribution in [3.8, 4) is 0 Å². The van der Waals surface area contributed by atoms with E-state index in [-0.39, 0.29) is 11.6 Å². The zero-order valence-corrected chi connectivity index (χ0v) is 11.0. The van der Waals surface area contributed by atoms with Crippen molar-refractivity contribution < 1.29 is 8.78 Å². The summed E-state index contributed by atoms with van der Waals surface area (Å²) in [5.41, 5.74) is 0.200. The van der Waals surface area contributed by atoms with Crippen molar-refractivity contribution in [2.45, 2.75) is 18.9 Å². The Morgan fingerprint density at radius 3 is 2.47 bits per heavy atom. The van der Waals surface area contributed by atoms with E-state index in [9.17, 15) is 8.78 Å². The van der Waals surface area contributed by atoms with Gasteiger partial charge in [-0.15, -0.1) is 6.58 Å². The molecule has 104 valence electrons. The first-order valence-corrected chi connectivity index (χ1v) is 6.73. The highest BCUT2D eigenvalue weighted by Crippen LogP contribution is 2.30. The fourth-order valence-electron chi connectivity index (χ4n) is 2.61. The molecular weight excluding hydrogens is 246 g/mol. The van der Waals surface area contributed by atoms with Gasteiger partial charge in [0.25, 0.3) is 0 Å². The van der Waals surface area contributed by atoms with Crippen molar-refractivity contribution in [1.82, 2.24) is 10.2 Å². The minimum Gasteiger partial charge on any atom is -0.314 e. The van der Waals surface area contributed by atoms with Gasteiger partial charge < -0.3 is 5.32 Å². The number of piperazine rings is 1. The lowest BCUT2D eigenvalue weighted by Crippen LogP contribution is -2.45. The molecule has 1 aliphatic rings. The van der Waals surface area contributed by atoms with Crippen LogP contribution in [0.15, 0.2) is 30.9 Å². The van der Waals surface area contributed by atoms with Crippen LogP contribution in [0.3, 0.4) is 0 Å². The third-order valence-corrected chi connectivity index (χ3v) is 3.57. The lowest BCUT2D eigenvalue weighted by Gasteiger charge is -2.35. The van der Waals surface area contributed by atoms with Gasteiger partial charge in [-0.2, -0.15) is 0 Å². The molecule has 0 radical (unpaired) electrons. The van der Waals surface area contributed by atoms with Gasteiger partial charge >= 0.3 is 0 Å². The summed E-state index contributed by atoms with van der Waals surface area (Å²) in [4.78, 5) is 2.15. The molecule has 0 aliphatic carbocycles. The Labute approximate surface area is 113 Å². The van der Waals surface area contributed by atoms with Crippen molar-refractivity contribution >= 4 is 0 Å². The maximum Gasteiger partial charge on any atom is 0.130 e. The summed E-state index contributed by atoms with van der Waals surface area (Å²) in [6.45, 7) is 7.05. The molecule has 0 spiro atoms. The smallest absolute Gasteiger partial charge is 0.130 e. The number of nitrogens with one attached hydrogen (secondary N) is 1. The lowest BCUT2D eigenvalue weighted by atomic mass is 9.98. The summed E-state index contributed by atoms with van der Waals surface area (Å²) in [5.74, 6) is -0.903. The third kappa shape index (κ3) is 3.39. The largest absolute Gasteiger partial charge is 0.314 e. The normalized spacial score (nSPS) is 18.2. The van der Waals surface area contributed by atoms with E-state index in [2.05, 4.69) is 16.8 Å². The van der Waals surface area contributed by atoms with Crippen molar-refractivity contribution in [3.63, 3.8) is 0 Å². The highest BCUT2D eigenvalue weighted by atomic mass is 19.1. The van der Waals surface area contributed by atoms with Gasteiger partial charge in [-0.05, 0) is 25.0 Å². The fraction of sp³-hybridized carbons (Fsp3) is 0.467. The Balaban J connectivity index is 2.27. The van der Waals surface area contributed by atoms with E-state index in [1.807, 2.05) is 0 Å². The zero-order chi connectivity index (χ0) is 13.7. The standard InChI is InChI=1S/C15H20F2N2/c1-2-3-7-14(19-10-8-18-9-11-19)15-12(16)5-4-6-13(15)17/h2,4-6,14,18H,1,3,7-11H2/t14-/m1/s1. The number of nitrogens with zero attached hydrogens (tertiary/aromatic N) is 1. The minimum absolute atomic E-state index is 0.200. The molecule has 1 atom stereocenters. The first kappa shape index (κ1) is 14.2. The topological polar surface area (TPSA) is 15.3 Å². The molecule has 1 aromatic rings. The predicted molar refractivity (Wildman–Crippen MR) is 73.0 cm³/mol. The molecule has 19 heavy (non-hydrogen) atoms. The van der Waals surface area contributed by atoms with Crippen molar-refractivity contribution in [1.29, 1.82) is 0 Å². The highest BCUT2D eigenvalue weighted by molar-refractivity contribution is 5.23. The number of hydrogen-bond donors (Lipinski definition) is 1. The van der Waals surface area contributed by atoms with Crippen molar-refractivity contribution in [3.05, 3.63) is 48.1 Å². The summed E-state index contributed by atoms with van der Waals surface area (Å²) < 4.78 is 27.9. The first-order valence-electron chi connectivity index (χ1n) is 6.73. The second-order valence-corrected chi connectivity index (χ2v) is 4.80. The maximum absolute atomic E-state index is 14.0. The Morgan fingerprint density at radius 1 is 1.26 bits per heavy atom. The monoisotopic (exact) mass is 266 g/mol. The summed E-state index contributed by atoms with van der Waals surface area (Å²) in [5, 5.41) is 3.26. The minimum atomic E-state index is -0.451. The van der Waals surface area contributed by atoms with E-state index >= 15 is 0 Å². The number of hydrogen-bond acceptors (Lipinski definition) is 2. The maximum atomic E-state index is 14.0. The van der Waals surface area contributed by atoms with Crippen molar-refractivity contribution in [2.75, 3.05) is 26.2 Å². The van der Waals surface area contributed by atoms with E-state index in [1.165, 1.54) is 18.2 Å². The molecular formula is C15H20F2N2. The van der Waals surface area contributed by atoms with E-state index < -0.39 is 11.6 Å². The Hall–Kier alpha value is -1.26. The van der Waals surface area contributed by atoms with Crippen molar-refractivity contribution in [2.24, 2.45) is 0 Å². The Morgan fingerprint density at radius 2 is 1.89 bits per heavy atom. The summed E-state index contributed by atoms with van der Waals surface area (Å²) >= 11 is 0. The number of halogens is 2. The number of allylic oxidation sites excluding steroid dienone is 1. The molecule has 4 heteroatoms. The quantitative estimate of drug-likeness (QED) is 0.824. The molecule has 2 nitrogen and oxygen atoms in total. The molecule has 0 unspecified atom stereocenters. The van der Waals surface area contributed by atoms with E-state index in [0.717, 1.165) is 32.6 Å². The molecule has 0 saturated carbocycles. The van der Waals surface area contributed by atoms with Crippen LogP contribution < -0.4 is 5.32 Å².